The average molecular weight is 731 g/mol. The Kier molecular flexibility index (Phi) is 14.7. The van der Waals surface area contributed by atoms with E-state index in [4.69, 9.17) is 21.8 Å². The van der Waals surface area contributed by atoms with Gasteiger partial charge in [-0.2, -0.15) is 0 Å². The number of hydrogen-bond acceptors (Lipinski definition) is 6. The molecule has 5 rings (SSSR count). The van der Waals surface area contributed by atoms with E-state index in [1.165, 1.54) is 70.6 Å². The van der Waals surface area contributed by atoms with E-state index in [1.807, 2.05) is 0 Å². The number of anilines is 2. The van der Waals surface area contributed by atoms with Crippen LogP contribution in [0.1, 0.15) is 136 Å². The number of furan rings is 1. The number of unbranched alkanes of at least 4 members (excludes halogenated alkanes) is 12. The Bertz CT molecular complexity index is 1820. The molecule has 0 saturated carbocycles. The summed E-state index contributed by atoms with van der Waals surface area (Å²) in [5, 5.41) is 18.9. The number of rotatable bonds is 21. The number of amides is 3. The number of hydrogen-bond donors (Lipinski definition) is 4. The van der Waals surface area contributed by atoms with Crippen molar-refractivity contribution in [1.82, 2.24) is 10.6 Å². The lowest BCUT2D eigenvalue weighted by molar-refractivity contribution is -0.121. The number of halogens is 1. The van der Waals surface area contributed by atoms with Crippen molar-refractivity contribution in [3.05, 3.63) is 65.4 Å². The molecule has 5 N–H and O–H groups in total. The molecular formula is C42H55ClN4O5. The number of nitrogens with zero attached hydrogens (tertiary/aromatic N) is 1. The van der Waals surface area contributed by atoms with Crippen LogP contribution in [0.2, 0.25) is 0 Å². The minimum atomic E-state index is -0.354. The van der Waals surface area contributed by atoms with E-state index in [9.17, 15) is 19.5 Å². The summed E-state index contributed by atoms with van der Waals surface area (Å²) in [7, 11) is 0. The van der Waals surface area contributed by atoms with Gasteiger partial charge in [-0.15, -0.1) is 11.6 Å². The molecule has 3 amide bonds. The smallest absolute Gasteiger partial charge is 0.294 e. The number of phenols is 1. The fourth-order valence-corrected chi connectivity index (χ4v) is 7.50. The molecule has 1 aliphatic heterocycles. The van der Waals surface area contributed by atoms with Crippen LogP contribution in [-0.2, 0) is 4.79 Å². The summed E-state index contributed by atoms with van der Waals surface area (Å²) in [5.41, 5.74) is 8.80. The maximum absolute atomic E-state index is 13.7. The second-order valence-corrected chi connectivity index (χ2v) is 14.5. The number of nitrogens with one attached hydrogen (secondary N) is 2. The van der Waals surface area contributed by atoms with Gasteiger partial charge in [-0.1, -0.05) is 84.0 Å². The number of alkyl halides is 1. The highest BCUT2D eigenvalue weighted by Crippen LogP contribution is 2.46. The maximum Gasteiger partial charge on any atom is 0.294 e. The van der Waals surface area contributed by atoms with Gasteiger partial charge in [0.2, 0.25) is 5.91 Å². The monoisotopic (exact) mass is 730 g/mol. The highest BCUT2D eigenvalue weighted by Gasteiger charge is 2.36. The van der Waals surface area contributed by atoms with Crippen molar-refractivity contribution in [2.45, 2.75) is 109 Å². The Morgan fingerprint density at radius 1 is 0.827 bits per heavy atom. The first-order valence-corrected chi connectivity index (χ1v) is 19.9. The summed E-state index contributed by atoms with van der Waals surface area (Å²) in [6.45, 7) is 3.46. The Balaban J connectivity index is 1.06. The number of phenolic OH excluding ortho intramolecular Hbond substituents is 1. The van der Waals surface area contributed by atoms with Crippen LogP contribution in [0.5, 0.6) is 5.75 Å². The number of carbonyl (C=O) groups excluding carboxylic acids is 3. The van der Waals surface area contributed by atoms with E-state index in [-0.39, 0.29) is 41.0 Å². The molecule has 0 bridgehead atoms. The first-order valence-electron chi connectivity index (χ1n) is 19.3. The zero-order valence-corrected chi connectivity index (χ0v) is 31.4. The van der Waals surface area contributed by atoms with Crippen molar-refractivity contribution in [2.24, 2.45) is 0 Å². The summed E-state index contributed by atoms with van der Waals surface area (Å²) in [6, 6.07) is 13.6. The highest BCUT2D eigenvalue weighted by atomic mass is 35.5. The van der Waals surface area contributed by atoms with E-state index in [0.29, 0.717) is 65.8 Å². The van der Waals surface area contributed by atoms with E-state index in [0.717, 1.165) is 23.8 Å². The molecule has 4 aromatic rings. The van der Waals surface area contributed by atoms with Crippen LogP contribution in [0.3, 0.4) is 0 Å². The van der Waals surface area contributed by atoms with Crippen LogP contribution in [0, 0.1) is 0 Å². The zero-order chi connectivity index (χ0) is 36.9. The molecule has 280 valence electrons. The third kappa shape index (κ3) is 10.2. The molecule has 0 saturated heterocycles. The van der Waals surface area contributed by atoms with Gasteiger partial charge in [0.1, 0.15) is 11.3 Å². The molecule has 1 aliphatic rings. The first kappa shape index (κ1) is 39.0. The third-order valence-electron chi connectivity index (χ3n) is 10.2. The van der Waals surface area contributed by atoms with Crippen LogP contribution < -0.4 is 21.3 Å². The number of nitrogen functional groups attached to an aromatic ring is 1. The number of carbonyl (C=O) groups is 3. The Hall–Kier alpha value is -4.24. The molecule has 0 radical (unpaired) electrons. The number of fused-ring (bicyclic) bond motifs is 4. The summed E-state index contributed by atoms with van der Waals surface area (Å²) in [4.78, 5) is 40.7. The van der Waals surface area contributed by atoms with Gasteiger partial charge in [-0.05, 0) is 66.3 Å². The first-order chi connectivity index (χ1) is 25.3. The Morgan fingerprint density at radius 3 is 2.19 bits per heavy atom. The fourth-order valence-electron chi connectivity index (χ4n) is 7.25. The van der Waals surface area contributed by atoms with Gasteiger partial charge < -0.3 is 30.8 Å². The van der Waals surface area contributed by atoms with Crippen LogP contribution in [0.15, 0.2) is 52.9 Å². The van der Waals surface area contributed by atoms with Gasteiger partial charge in [-0.25, -0.2) is 0 Å². The van der Waals surface area contributed by atoms with Gasteiger partial charge in [0.15, 0.2) is 5.76 Å². The fraction of sp³-hybridized carbons (Fsp3) is 0.500. The number of nitrogens with two attached hydrogens (primary N) is 1. The van der Waals surface area contributed by atoms with Crippen molar-refractivity contribution in [1.29, 1.82) is 0 Å². The van der Waals surface area contributed by atoms with Crippen molar-refractivity contribution in [3.8, 4) is 5.75 Å². The minimum Gasteiger partial charge on any atom is -0.507 e. The topological polar surface area (TPSA) is 138 Å². The number of benzene rings is 3. The quantitative estimate of drug-likeness (QED) is 0.0383. The van der Waals surface area contributed by atoms with Gasteiger partial charge in [-0.3, -0.25) is 14.4 Å². The van der Waals surface area contributed by atoms with Crippen molar-refractivity contribution < 1.29 is 23.9 Å². The Morgan fingerprint density at radius 2 is 1.50 bits per heavy atom. The summed E-state index contributed by atoms with van der Waals surface area (Å²) < 4.78 is 5.85. The predicted molar refractivity (Wildman–Crippen MR) is 212 cm³/mol. The molecule has 9 nitrogen and oxygen atoms in total. The molecule has 2 heterocycles. The standard InChI is InChI=1S/C42H55ClN4O5/c1-2-3-4-5-6-7-8-9-10-11-12-13-14-16-39(49)45-21-15-22-46-41(50)29-17-19-33-34(24-29)40-31(27-43)28-47(35(40)26-36(33)48)42(51)38-25-30-23-32(44)18-20-37(30)52-38/h17-20,23-26,31,48H,2-16,21-22,27-28,44H2,1H3,(H,45,49)(H,46,50). The van der Waals surface area contributed by atoms with E-state index >= 15 is 0 Å². The second kappa shape index (κ2) is 19.6. The predicted octanol–water partition coefficient (Wildman–Crippen LogP) is 9.57. The average Bonchev–Trinajstić information content (AvgIpc) is 3.74. The van der Waals surface area contributed by atoms with Crippen molar-refractivity contribution in [3.63, 3.8) is 0 Å². The summed E-state index contributed by atoms with van der Waals surface area (Å²) in [5.74, 6) is -0.366. The van der Waals surface area contributed by atoms with Crippen LogP contribution in [0.4, 0.5) is 11.4 Å². The molecule has 3 aromatic carbocycles. The van der Waals surface area contributed by atoms with E-state index in [1.54, 1.807) is 53.4 Å². The van der Waals surface area contributed by atoms with Gasteiger partial charge in [0.05, 0.1) is 5.69 Å². The lowest BCUT2D eigenvalue weighted by Gasteiger charge is -2.17. The molecule has 0 aliphatic carbocycles. The minimum absolute atomic E-state index is 0.000606. The maximum atomic E-state index is 13.7. The zero-order valence-electron chi connectivity index (χ0n) is 30.6. The second-order valence-electron chi connectivity index (χ2n) is 14.2. The molecule has 0 fully saturated rings. The SMILES string of the molecule is CCCCCCCCCCCCCCCC(=O)NCCCNC(=O)c1ccc2c(O)cc3c(c2c1)C(CCl)CN3C(=O)c1cc2cc(N)ccc2o1. The summed E-state index contributed by atoms with van der Waals surface area (Å²) >= 11 is 6.43. The molecule has 52 heavy (non-hydrogen) atoms. The van der Waals surface area contributed by atoms with Gasteiger partial charge in [0.25, 0.3) is 11.8 Å². The molecule has 10 heteroatoms. The van der Waals surface area contributed by atoms with E-state index < -0.39 is 0 Å². The third-order valence-corrected chi connectivity index (χ3v) is 10.5. The highest BCUT2D eigenvalue weighted by molar-refractivity contribution is 6.19. The Labute approximate surface area is 312 Å². The van der Waals surface area contributed by atoms with Crippen LogP contribution in [0.25, 0.3) is 21.7 Å². The molecule has 1 unspecified atom stereocenters. The number of aromatic hydroxyl groups is 1. The van der Waals surface area contributed by atoms with Crippen molar-refractivity contribution in [2.75, 3.05) is 36.1 Å². The normalized spacial score (nSPS) is 13.9. The van der Waals surface area contributed by atoms with Crippen LogP contribution in [-0.4, -0.2) is 48.3 Å². The molecular weight excluding hydrogens is 676 g/mol. The molecule has 1 aromatic heterocycles. The van der Waals surface area contributed by atoms with Gasteiger partial charge in [0, 0.05) is 65.9 Å². The largest absolute Gasteiger partial charge is 0.507 e. The van der Waals surface area contributed by atoms with E-state index in [2.05, 4.69) is 17.6 Å². The molecule has 1 atom stereocenters. The summed E-state index contributed by atoms with van der Waals surface area (Å²) in [6.07, 6.45) is 17.8. The van der Waals surface area contributed by atoms with Crippen molar-refractivity contribution >= 4 is 62.4 Å². The lowest BCUT2D eigenvalue weighted by atomic mass is 9.94. The van der Waals surface area contributed by atoms with Crippen LogP contribution >= 0.6 is 11.6 Å². The molecule has 0 spiro atoms. The lowest BCUT2D eigenvalue weighted by Crippen LogP contribution is -2.29. The van der Waals surface area contributed by atoms with Gasteiger partial charge >= 0.3 is 0 Å².